The number of amides is 1. The minimum Gasteiger partial charge on any atom is -0.379 e. The molecule has 1 amide bonds. The topological polar surface area (TPSA) is 41.6 Å². The Balaban J connectivity index is 2.05. The molecule has 4 nitrogen and oxygen atoms in total. The van der Waals surface area contributed by atoms with Crippen LogP contribution in [0.1, 0.15) is 20.3 Å². The van der Waals surface area contributed by atoms with Crippen LogP contribution in [0.5, 0.6) is 0 Å². The van der Waals surface area contributed by atoms with Crippen LogP contribution in [0.15, 0.2) is 0 Å². The molecule has 0 aromatic rings. The highest BCUT2D eigenvalue weighted by Crippen LogP contribution is 2.08. The molecule has 1 atom stereocenters. The molecule has 0 radical (unpaired) electrons. The maximum Gasteiger partial charge on any atom is 0.233 e. The molecule has 0 aliphatic carbocycles. The molecule has 1 aliphatic heterocycles. The fourth-order valence-corrected chi connectivity index (χ4v) is 1.84. The first-order valence-corrected chi connectivity index (χ1v) is 6.89. The van der Waals surface area contributed by atoms with E-state index in [1.807, 2.05) is 13.8 Å². The second-order valence-electron chi connectivity index (χ2n) is 4.79. The van der Waals surface area contributed by atoms with Crippen molar-refractivity contribution in [3.05, 3.63) is 0 Å². The van der Waals surface area contributed by atoms with Gasteiger partial charge in [-0.05, 0) is 18.9 Å². The maximum absolute atomic E-state index is 11.6. The molecule has 100 valence electrons. The highest BCUT2D eigenvalue weighted by Gasteiger charge is 2.17. The lowest BCUT2D eigenvalue weighted by atomic mass is 10.1. The smallest absolute Gasteiger partial charge is 0.233 e. The van der Waals surface area contributed by atoms with Crippen molar-refractivity contribution in [1.29, 1.82) is 0 Å². The summed E-state index contributed by atoms with van der Waals surface area (Å²) in [6, 6.07) is 0. The van der Waals surface area contributed by atoms with Crippen molar-refractivity contribution >= 4 is 18.5 Å². The Morgan fingerprint density at radius 1 is 1.41 bits per heavy atom. The third-order valence-corrected chi connectivity index (χ3v) is 3.78. The summed E-state index contributed by atoms with van der Waals surface area (Å²) in [6.07, 6.45) is 0.990. The first-order valence-electron chi connectivity index (χ1n) is 6.37. The molecule has 1 fully saturated rings. The molecule has 0 aromatic heterocycles. The Kier molecular flexibility index (Phi) is 6.92. The van der Waals surface area contributed by atoms with E-state index in [1.54, 1.807) is 0 Å². The van der Waals surface area contributed by atoms with Crippen LogP contribution in [-0.4, -0.2) is 55.4 Å². The van der Waals surface area contributed by atoms with Gasteiger partial charge in [-0.1, -0.05) is 13.8 Å². The van der Waals surface area contributed by atoms with Crippen molar-refractivity contribution in [3.63, 3.8) is 0 Å². The third kappa shape index (κ3) is 5.75. The van der Waals surface area contributed by atoms with Gasteiger partial charge < -0.3 is 10.1 Å². The molecular formula is C12H24N2O2S. The average molecular weight is 260 g/mol. The van der Waals surface area contributed by atoms with Crippen molar-refractivity contribution < 1.29 is 9.53 Å². The number of nitrogens with zero attached hydrogens (tertiary/aromatic N) is 1. The summed E-state index contributed by atoms with van der Waals surface area (Å²) >= 11 is 4.28. The number of hydrogen-bond donors (Lipinski definition) is 2. The van der Waals surface area contributed by atoms with Gasteiger partial charge in [0.2, 0.25) is 5.91 Å². The van der Waals surface area contributed by atoms with Gasteiger partial charge >= 0.3 is 0 Å². The minimum atomic E-state index is -0.196. The number of carbonyl (C=O) groups excluding carboxylic acids is 1. The van der Waals surface area contributed by atoms with Crippen molar-refractivity contribution in [1.82, 2.24) is 10.2 Å². The normalized spacial score (nSPS) is 19.3. The minimum absolute atomic E-state index is 0.0466. The van der Waals surface area contributed by atoms with Gasteiger partial charge in [-0.25, -0.2) is 0 Å². The molecule has 0 spiro atoms. The lowest BCUT2D eigenvalue weighted by Gasteiger charge is -2.26. The van der Waals surface area contributed by atoms with Crippen LogP contribution in [0, 0.1) is 5.92 Å². The van der Waals surface area contributed by atoms with Crippen LogP contribution >= 0.6 is 12.6 Å². The number of nitrogens with one attached hydrogen (secondary N) is 1. The highest BCUT2D eigenvalue weighted by molar-refractivity contribution is 7.81. The van der Waals surface area contributed by atoms with Gasteiger partial charge in [-0.3, -0.25) is 9.69 Å². The van der Waals surface area contributed by atoms with Gasteiger partial charge in [0.1, 0.15) is 0 Å². The summed E-state index contributed by atoms with van der Waals surface area (Å²) in [5.74, 6) is 0.322. The molecule has 1 heterocycles. The van der Waals surface area contributed by atoms with Crippen LogP contribution in [0.25, 0.3) is 0 Å². The fraction of sp³-hybridized carbons (Fsp3) is 0.917. The number of carbonyl (C=O) groups is 1. The summed E-state index contributed by atoms with van der Waals surface area (Å²) in [4.78, 5) is 14.0. The van der Waals surface area contributed by atoms with Crippen LogP contribution in [0.4, 0.5) is 0 Å². The molecule has 0 saturated carbocycles. The first kappa shape index (κ1) is 14.8. The van der Waals surface area contributed by atoms with Gasteiger partial charge in [0.15, 0.2) is 0 Å². The van der Waals surface area contributed by atoms with Gasteiger partial charge in [0.25, 0.3) is 0 Å². The van der Waals surface area contributed by atoms with Gasteiger partial charge in [-0.2, -0.15) is 12.6 Å². The van der Waals surface area contributed by atoms with Gasteiger partial charge in [0, 0.05) is 19.6 Å². The van der Waals surface area contributed by atoms with Crippen LogP contribution in [-0.2, 0) is 9.53 Å². The maximum atomic E-state index is 11.6. The Bertz CT molecular complexity index is 231. The number of morpholine rings is 1. The largest absolute Gasteiger partial charge is 0.379 e. The van der Waals surface area contributed by atoms with Crippen molar-refractivity contribution in [3.8, 4) is 0 Å². The van der Waals surface area contributed by atoms with Crippen molar-refractivity contribution in [2.45, 2.75) is 25.5 Å². The molecule has 1 saturated heterocycles. The SMILES string of the molecule is CC(C)C(S)C(=O)NCCCN1CCOCC1. The molecule has 17 heavy (non-hydrogen) atoms. The summed E-state index contributed by atoms with van der Waals surface area (Å²) in [5.41, 5.74) is 0. The predicted octanol–water partition coefficient (Wildman–Crippen LogP) is 0.779. The summed E-state index contributed by atoms with van der Waals surface area (Å²) in [6.45, 7) is 9.46. The molecule has 0 bridgehead atoms. The predicted molar refractivity (Wildman–Crippen MR) is 72.5 cm³/mol. The number of hydrogen-bond acceptors (Lipinski definition) is 4. The van der Waals surface area contributed by atoms with Crippen LogP contribution < -0.4 is 5.32 Å². The quantitative estimate of drug-likeness (QED) is 0.548. The Morgan fingerprint density at radius 2 is 2.06 bits per heavy atom. The second kappa shape index (κ2) is 7.95. The molecule has 5 heteroatoms. The number of thiol groups is 1. The number of rotatable bonds is 6. The molecule has 1 rings (SSSR count). The third-order valence-electron chi connectivity index (χ3n) is 2.95. The van der Waals surface area contributed by atoms with Crippen molar-refractivity contribution in [2.75, 3.05) is 39.4 Å². The Hall–Kier alpha value is -0.260. The molecule has 1 aliphatic rings. The lowest BCUT2D eigenvalue weighted by molar-refractivity contribution is -0.121. The van der Waals surface area contributed by atoms with Crippen LogP contribution in [0.2, 0.25) is 0 Å². The standard InChI is InChI=1S/C12H24N2O2S/c1-10(2)11(17)12(15)13-4-3-5-14-6-8-16-9-7-14/h10-11,17H,3-9H2,1-2H3,(H,13,15). The van der Waals surface area contributed by atoms with E-state index in [0.29, 0.717) is 0 Å². The van der Waals surface area contributed by atoms with E-state index in [4.69, 9.17) is 4.74 Å². The van der Waals surface area contributed by atoms with E-state index in [0.717, 1.165) is 45.8 Å². The second-order valence-corrected chi connectivity index (χ2v) is 5.34. The zero-order valence-electron chi connectivity index (χ0n) is 10.8. The van der Waals surface area contributed by atoms with E-state index >= 15 is 0 Å². The lowest BCUT2D eigenvalue weighted by Crippen LogP contribution is -2.39. The van der Waals surface area contributed by atoms with E-state index < -0.39 is 0 Å². The van der Waals surface area contributed by atoms with Gasteiger partial charge in [0.05, 0.1) is 18.5 Å². The Morgan fingerprint density at radius 3 is 2.65 bits per heavy atom. The summed E-state index contributed by atoms with van der Waals surface area (Å²) in [7, 11) is 0. The zero-order chi connectivity index (χ0) is 12.7. The number of ether oxygens (including phenoxy) is 1. The highest BCUT2D eigenvalue weighted by atomic mass is 32.1. The van der Waals surface area contributed by atoms with Crippen molar-refractivity contribution in [2.24, 2.45) is 5.92 Å². The van der Waals surface area contributed by atoms with Crippen LogP contribution in [0.3, 0.4) is 0 Å². The fourth-order valence-electron chi connectivity index (χ4n) is 1.75. The first-order chi connectivity index (χ1) is 8.11. The molecule has 1 N–H and O–H groups in total. The molecule has 1 unspecified atom stereocenters. The zero-order valence-corrected chi connectivity index (χ0v) is 11.7. The Labute approximate surface area is 109 Å². The van der Waals surface area contributed by atoms with E-state index in [-0.39, 0.29) is 17.1 Å². The van der Waals surface area contributed by atoms with E-state index in [9.17, 15) is 4.79 Å². The van der Waals surface area contributed by atoms with E-state index in [1.165, 1.54) is 0 Å². The molecular weight excluding hydrogens is 236 g/mol. The molecule has 0 aromatic carbocycles. The average Bonchev–Trinajstić information content (AvgIpc) is 2.34. The summed E-state index contributed by atoms with van der Waals surface area (Å²) in [5, 5.41) is 2.73. The van der Waals surface area contributed by atoms with Gasteiger partial charge in [-0.15, -0.1) is 0 Å². The van der Waals surface area contributed by atoms with E-state index in [2.05, 4.69) is 22.8 Å². The monoisotopic (exact) mass is 260 g/mol. The summed E-state index contributed by atoms with van der Waals surface area (Å²) < 4.78 is 5.28.